The third kappa shape index (κ3) is 4.23. The van der Waals surface area contributed by atoms with Crippen molar-refractivity contribution in [1.82, 2.24) is 4.98 Å². The number of rotatable bonds is 1. The highest BCUT2D eigenvalue weighted by Gasteiger charge is 2.14. The van der Waals surface area contributed by atoms with Gasteiger partial charge in [0.05, 0.1) is 0 Å². The van der Waals surface area contributed by atoms with E-state index in [0.29, 0.717) is 16.3 Å². The van der Waals surface area contributed by atoms with Crippen LogP contribution >= 0.6 is 0 Å². The molecule has 1 aromatic heterocycles. The molecule has 0 amide bonds. The normalized spacial score (nSPS) is 9.53. The van der Waals surface area contributed by atoms with E-state index in [0.717, 1.165) is 6.07 Å². The molecule has 2 aromatic rings. The Bertz CT molecular complexity index is 510. The Kier molecular flexibility index (Phi) is 7.80. The Morgan fingerprint density at radius 2 is 1.53 bits per heavy atom. The summed E-state index contributed by atoms with van der Waals surface area (Å²) in [5.74, 6) is -0.646. The first-order valence-corrected chi connectivity index (χ1v) is 6.41. The summed E-state index contributed by atoms with van der Waals surface area (Å²) in [5.41, 5.74) is 0.384. The monoisotopic (exact) mass is 271 g/mol. The van der Waals surface area contributed by atoms with Gasteiger partial charge in [-0.15, -0.1) is 0 Å². The minimum absolute atomic E-state index is 0.304. The minimum Gasteiger partial charge on any atom is -0.264 e. The van der Waals surface area contributed by atoms with E-state index < -0.39 is 12.2 Å². The van der Waals surface area contributed by atoms with Gasteiger partial charge in [-0.2, -0.15) is 0 Å². The molecule has 0 radical (unpaired) electrons. The second-order valence-corrected chi connectivity index (χ2v) is 3.35. The molecule has 0 saturated carbocycles. The summed E-state index contributed by atoms with van der Waals surface area (Å²) in [5, 5.41) is 0.798. The molecule has 1 aromatic carbocycles. The molecule has 1 nitrogen and oxygen atoms in total. The molecule has 0 bridgehead atoms. The summed E-state index contributed by atoms with van der Waals surface area (Å²) in [7, 11) is 0. The van der Waals surface area contributed by atoms with E-state index in [4.69, 9.17) is 0 Å². The van der Waals surface area contributed by atoms with E-state index in [1.165, 1.54) is 18.5 Å². The molecule has 2 rings (SSSR count). The number of aryl methyl sites for hydroxylation is 1. The van der Waals surface area contributed by atoms with Gasteiger partial charge in [-0.05, 0) is 30.0 Å². The van der Waals surface area contributed by atoms with Gasteiger partial charge in [-0.3, -0.25) is 4.98 Å². The first-order chi connectivity index (χ1) is 9.09. The maximum Gasteiger partial charge on any atom is 0.264 e. The fraction of sp³-hybridized carbons (Fsp3) is 0.400. The Morgan fingerprint density at radius 3 is 2.05 bits per heavy atom. The van der Waals surface area contributed by atoms with E-state index in [2.05, 4.69) is 4.98 Å². The molecule has 0 aliphatic rings. The van der Waals surface area contributed by atoms with Crippen LogP contribution in [0.2, 0.25) is 0 Å². The molecule has 0 spiro atoms. The van der Waals surface area contributed by atoms with Gasteiger partial charge in [0.2, 0.25) is 0 Å². The topological polar surface area (TPSA) is 12.9 Å². The molecule has 0 aliphatic heterocycles. The van der Waals surface area contributed by atoms with Crippen LogP contribution in [0.4, 0.5) is 13.2 Å². The second kappa shape index (κ2) is 8.51. The lowest BCUT2D eigenvalue weighted by Gasteiger charge is -2.07. The van der Waals surface area contributed by atoms with Crippen LogP contribution in [0.1, 0.15) is 45.2 Å². The van der Waals surface area contributed by atoms with Crippen molar-refractivity contribution in [1.29, 1.82) is 0 Å². The van der Waals surface area contributed by atoms with E-state index in [1.807, 2.05) is 27.7 Å². The molecule has 4 heteroatoms. The first-order valence-electron chi connectivity index (χ1n) is 6.41. The van der Waals surface area contributed by atoms with Gasteiger partial charge in [-0.25, -0.2) is 13.2 Å². The van der Waals surface area contributed by atoms with E-state index >= 15 is 0 Å². The molecule has 0 fully saturated rings. The van der Waals surface area contributed by atoms with Crippen molar-refractivity contribution in [2.75, 3.05) is 0 Å². The summed E-state index contributed by atoms with van der Waals surface area (Å²) in [6.07, 6.45) is 0.173. The van der Waals surface area contributed by atoms with Crippen LogP contribution in [0.15, 0.2) is 24.5 Å². The molecule has 106 valence electrons. The number of pyridine rings is 1. The zero-order valence-electron chi connectivity index (χ0n) is 12.0. The Labute approximate surface area is 112 Å². The Balaban J connectivity index is 0.000000741. The van der Waals surface area contributed by atoms with Gasteiger partial charge in [0.15, 0.2) is 0 Å². The van der Waals surface area contributed by atoms with Crippen molar-refractivity contribution >= 4 is 10.8 Å². The molecule has 19 heavy (non-hydrogen) atoms. The maximum atomic E-state index is 13.1. The first kappa shape index (κ1) is 17.4. The van der Waals surface area contributed by atoms with Crippen LogP contribution in [0.3, 0.4) is 0 Å². The molecular formula is C15H20F3N. The van der Waals surface area contributed by atoms with Crippen LogP contribution in [0, 0.1) is 12.7 Å². The zero-order valence-corrected chi connectivity index (χ0v) is 12.0. The average molecular weight is 271 g/mol. The standard InChI is InChI=1S/C11H8F3N.2C2H6/c1-6-4-15-5-10-8(6)2-7(12)3-9(10)11(13)14;2*1-2/h2-5,11H,1H3;2*1-2H3. The minimum atomic E-state index is -2.69. The van der Waals surface area contributed by atoms with Gasteiger partial charge in [-0.1, -0.05) is 27.7 Å². The lowest BCUT2D eigenvalue weighted by atomic mass is 10.0. The highest BCUT2D eigenvalue weighted by atomic mass is 19.3. The van der Waals surface area contributed by atoms with Crippen LogP contribution in [0.5, 0.6) is 0 Å². The summed E-state index contributed by atoms with van der Waals surface area (Å²) in [6.45, 7) is 9.71. The molecule has 0 N–H and O–H groups in total. The van der Waals surface area contributed by atoms with E-state index in [-0.39, 0.29) is 5.56 Å². The fourth-order valence-corrected chi connectivity index (χ4v) is 1.58. The molecule has 1 heterocycles. The highest BCUT2D eigenvalue weighted by Crippen LogP contribution is 2.29. The van der Waals surface area contributed by atoms with Gasteiger partial charge >= 0.3 is 0 Å². The molecule has 0 aliphatic carbocycles. The predicted octanol–water partition coefficient (Wildman–Crippen LogP) is 5.67. The van der Waals surface area contributed by atoms with Crippen molar-refractivity contribution in [3.63, 3.8) is 0 Å². The maximum absolute atomic E-state index is 13.1. The Morgan fingerprint density at radius 1 is 0.947 bits per heavy atom. The third-order valence-electron chi connectivity index (χ3n) is 2.31. The van der Waals surface area contributed by atoms with Gasteiger partial charge < -0.3 is 0 Å². The zero-order chi connectivity index (χ0) is 15.0. The number of benzene rings is 1. The van der Waals surface area contributed by atoms with Crippen LogP contribution in [-0.2, 0) is 0 Å². The van der Waals surface area contributed by atoms with Crippen LogP contribution in [-0.4, -0.2) is 4.98 Å². The molecule has 0 saturated heterocycles. The van der Waals surface area contributed by atoms with Crippen molar-refractivity contribution in [3.8, 4) is 0 Å². The summed E-state index contributed by atoms with van der Waals surface area (Å²) in [4.78, 5) is 3.83. The van der Waals surface area contributed by atoms with E-state index in [1.54, 1.807) is 6.92 Å². The number of hydrogen-bond donors (Lipinski definition) is 0. The molecule has 0 atom stereocenters. The number of nitrogens with zero attached hydrogens (tertiary/aromatic N) is 1. The number of alkyl halides is 2. The smallest absolute Gasteiger partial charge is 0.264 e. The van der Waals surface area contributed by atoms with Crippen molar-refractivity contribution in [2.45, 2.75) is 41.0 Å². The molecular weight excluding hydrogens is 251 g/mol. The quantitative estimate of drug-likeness (QED) is 0.651. The van der Waals surface area contributed by atoms with E-state index in [9.17, 15) is 13.2 Å². The average Bonchev–Trinajstić information content (AvgIpc) is 2.43. The number of aromatic nitrogens is 1. The predicted molar refractivity (Wildman–Crippen MR) is 74.1 cm³/mol. The van der Waals surface area contributed by atoms with Gasteiger partial charge in [0.25, 0.3) is 6.43 Å². The lowest BCUT2D eigenvalue weighted by Crippen LogP contribution is -1.92. The number of hydrogen-bond acceptors (Lipinski definition) is 1. The summed E-state index contributed by atoms with van der Waals surface area (Å²) in [6, 6.07) is 2.10. The summed E-state index contributed by atoms with van der Waals surface area (Å²) < 4.78 is 38.3. The Hall–Kier alpha value is -1.58. The SMILES string of the molecule is CC.CC.Cc1cncc2c(C(F)F)cc(F)cc12. The number of fused-ring (bicyclic) bond motifs is 1. The van der Waals surface area contributed by atoms with Crippen LogP contribution < -0.4 is 0 Å². The summed E-state index contributed by atoms with van der Waals surface area (Å²) >= 11 is 0. The second-order valence-electron chi connectivity index (χ2n) is 3.35. The van der Waals surface area contributed by atoms with Crippen molar-refractivity contribution in [2.24, 2.45) is 0 Å². The van der Waals surface area contributed by atoms with Crippen molar-refractivity contribution < 1.29 is 13.2 Å². The molecule has 0 unspecified atom stereocenters. The largest absolute Gasteiger partial charge is 0.264 e. The van der Waals surface area contributed by atoms with Gasteiger partial charge in [0.1, 0.15) is 5.82 Å². The lowest BCUT2D eigenvalue weighted by molar-refractivity contribution is 0.152. The van der Waals surface area contributed by atoms with Crippen molar-refractivity contribution in [3.05, 3.63) is 41.5 Å². The fourth-order valence-electron chi connectivity index (χ4n) is 1.58. The number of halogens is 3. The van der Waals surface area contributed by atoms with Crippen LogP contribution in [0.25, 0.3) is 10.8 Å². The van der Waals surface area contributed by atoms with Gasteiger partial charge in [0, 0.05) is 23.3 Å². The highest BCUT2D eigenvalue weighted by molar-refractivity contribution is 5.87. The third-order valence-corrected chi connectivity index (χ3v) is 2.31.